The second-order valence-electron chi connectivity index (χ2n) is 7.37. The van der Waals surface area contributed by atoms with Gasteiger partial charge in [-0.15, -0.1) is 0 Å². The Bertz CT molecular complexity index is 1000. The fourth-order valence-corrected chi connectivity index (χ4v) is 3.65. The minimum Gasteiger partial charge on any atom is -0.338 e. The molecule has 7 heteroatoms. The molecule has 150 valence electrons. The second-order valence-corrected chi connectivity index (χ2v) is 7.37. The summed E-state index contributed by atoms with van der Waals surface area (Å²) in [4.78, 5) is 19.2. The first kappa shape index (κ1) is 19.3. The Hall–Kier alpha value is -3.06. The van der Waals surface area contributed by atoms with Gasteiger partial charge < -0.3 is 9.84 Å². The molecule has 1 saturated heterocycles. The zero-order valence-electron chi connectivity index (χ0n) is 16.3. The number of para-hydroxylation sites is 1. The molecule has 4 rings (SSSR count). The molecule has 1 N–H and O–H groups in total. The third-order valence-electron chi connectivity index (χ3n) is 5.22. The molecule has 1 unspecified atom stereocenters. The molecule has 29 heavy (non-hydrogen) atoms. The van der Waals surface area contributed by atoms with E-state index in [0.717, 1.165) is 30.5 Å². The summed E-state index contributed by atoms with van der Waals surface area (Å²) in [6.45, 7) is 3.92. The maximum Gasteiger partial charge on any atom is 0.241 e. The Morgan fingerprint density at radius 2 is 2.03 bits per heavy atom. The summed E-state index contributed by atoms with van der Waals surface area (Å²) in [6.07, 6.45) is 1.66. The number of carbonyl (C=O) groups is 1. The highest BCUT2D eigenvalue weighted by molar-refractivity contribution is 5.92. The number of rotatable bonds is 5. The van der Waals surface area contributed by atoms with Crippen molar-refractivity contribution < 1.29 is 13.7 Å². The molecule has 1 aromatic heterocycles. The molecule has 1 fully saturated rings. The van der Waals surface area contributed by atoms with E-state index in [1.165, 1.54) is 6.07 Å². The van der Waals surface area contributed by atoms with Crippen LogP contribution >= 0.6 is 0 Å². The van der Waals surface area contributed by atoms with Crippen LogP contribution in [0, 0.1) is 18.7 Å². The number of halogens is 1. The number of hydrogen-bond acceptors (Lipinski definition) is 5. The van der Waals surface area contributed by atoms with Crippen LogP contribution in [0.1, 0.15) is 24.3 Å². The van der Waals surface area contributed by atoms with Crippen molar-refractivity contribution >= 4 is 11.6 Å². The zero-order valence-corrected chi connectivity index (χ0v) is 16.3. The van der Waals surface area contributed by atoms with Crippen molar-refractivity contribution in [2.24, 2.45) is 5.92 Å². The molecule has 6 nitrogen and oxygen atoms in total. The summed E-state index contributed by atoms with van der Waals surface area (Å²) in [5.41, 5.74) is 2.25. The van der Waals surface area contributed by atoms with E-state index >= 15 is 0 Å². The van der Waals surface area contributed by atoms with Gasteiger partial charge in [0.15, 0.2) is 0 Å². The predicted molar refractivity (Wildman–Crippen MR) is 108 cm³/mol. The fourth-order valence-electron chi connectivity index (χ4n) is 3.65. The Labute approximate surface area is 168 Å². The number of nitrogens with zero attached hydrogens (tertiary/aromatic N) is 3. The number of likely N-dealkylation sites (tertiary alicyclic amines) is 1. The number of nitrogens with one attached hydrogen (secondary N) is 1. The smallest absolute Gasteiger partial charge is 0.241 e. The first-order valence-electron chi connectivity index (χ1n) is 9.76. The van der Waals surface area contributed by atoms with E-state index in [0.29, 0.717) is 24.8 Å². The van der Waals surface area contributed by atoms with Gasteiger partial charge in [0.25, 0.3) is 0 Å². The lowest BCUT2D eigenvalue weighted by atomic mass is 9.97. The van der Waals surface area contributed by atoms with Crippen molar-refractivity contribution in [3.63, 3.8) is 0 Å². The number of amides is 1. The van der Waals surface area contributed by atoms with Crippen LogP contribution in [0.5, 0.6) is 0 Å². The topological polar surface area (TPSA) is 71.3 Å². The fraction of sp³-hybridized carbons (Fsp3) is 0.318. The van der Waals surface area contributed by atoms with Gasteiger partial charge in [0, 0.05) is 12.1 Å². The monoisotopic (exact) mass is 394 g/mol. The van der Waals surface area contributed by atoms with E-state index in [4.69, 9.17) is 4.52 Å². The summed E-state index contributed by atoms with van der Waals surface area (Å²) in [5.74, 6) is 0.304. The van der Waals surface area contributed by atoms with Gasteiger partial charge in [0.2, 0.25) is 17.6 Å². The van der Waals surface area contributed by atoms with Gasteiger partial charge in [0.1, 0.15) is 5.82 Å². The van der Waals surface area contributed by atoms with Gasteiger partial charge >= 0.3 is 0 Å². The summed E-state index contributed by atoms with van der Waals surface area (Å²) in [5, 5.41) is 6.80. The molecule has 3 aromatic rings. The summed E-state index contributed by atoms with van der Waals surface area (Å²) in [7, 11) is 0. The molecule has 0 saturated carbocycles. The Morgan fingerprint density at radius 1 is 1.24 bits per heavy atom. The van der Waals surface area contributed by atoms with Crippen LogP contribution in [-0.4, -0.2) is 34.0 Å². The van der Waals surface area contributed by atoms with Crippen molar-refractivity contribution in [3.8, 4) is 11.4 Å². The molecule has 1 amide bonds. The Balaban J connectivity index is 1.39. The molecule has 1 atom stereocenters. The molecule has 2 aromatic carbocycles. The third kappa shape index (κ3) is 4.51. The lowest BCUT2D eigenvalue weighted by Crippen LogP contribution is -2.40. The molecule has 0 aliphatic carbocycles. The van der Waals surface area contributed by atoms with Crippen LogP contribution in [0.3, 0.4) is 0 Å². The van der Waals surface area contributed by atoms with Crippen molar-refractivity contribution in [3.05, 3.63) is 65.8 Å². The van der Waals surface area contributed by atoms with Crippen LogP contribution in [0.15, 0.2) is 53.1 Å². The van der Waals surface area contributed by atoms with Crippen molar-refractivity contribution in [2.45, 2.75) is 26.3 Å². The standard InChI is InChI=1S/C22H23FN4O2/c1-15-7-2-3-9-17(15)21-25-20(29-26-21)14-27-12-6-8-16(13-27)22(28)24-19-11-5-4-10-18(19)23/h2-5,7,9-11,16H,6,8,12-14H2,1H3,(H,24,28). The minimum atomic E-state index is -0.428. The first-order chi connectivity index (χ1) is 14.1. The molecule has 1 aliphatic heterocycles. The molecular weight excluding hydrogens is 371 g/mol. The normalized spacial score (nSPS) is 17.2. The van der Waals surface area contributed by atoms with E-state index in [9.17, 15) is 9.18 Å². The molecular formula is C22H23FN4O2. The second kappa shape index (κ2) is 8.53. The Morgan fingerprint density at radius 3 is 2.86 bits per heavy atom. The van der Waals surface area contributed by atoms with E-state index in [1.54, 1.807) is 18.2 Å². The maximum atomic E-state index is 13.8. The SMILES string of the molecule is Cc1ccccc1-c1noc(CN2CCCC(C(=O)Nc3ccccc3F)C2)n1. The summed E-state index contributed by atoms with van der Waals surface area (Å²) < 4.78 is 19.2. The van der Waals surface area contributed by atoms with Crippen molar-refractivity contribution in [1.82, 2.24) is 15.0 Å². The quantitative estimate of drug-likeness (QED) is 0.707. The molecule has 0 radical (unpaired) electrons. The van der Waals surface area contributed by atoms with Crippen molar-refractivity contribution in [1.29, 1.82) is 0 Å². The third-order valence-corrected chi connectivity index (χ3v) is 5.22. The zero-order chi connectivity index (χ0) is 20.2. The predicted octanol–water partition coefficient (Wildman–Crippen LogP) is 4.03. The van der Waals surface area contributed by atoms with Crippen LogP contribution in [0.4, 0.5) is 10.1 Å². The van der Waals surface area contributed by atoms with Crippen LogP contribution in [0.2, 0.25) is 0 Å². The lowest BCUT2D eigenvalue weighted by Gasteiger charge is -2.30. The largest absolute Gasteiger partial charge is 0.338 e. The summed E-state index contributed by atoms with van der Waals surface area (Å²) in [6, 6.07) is 14.1. The highest BCUT2D eigenvalue weighted by Crippen LogP contribution is 2.23. The highest BCUT2D eigenvalue weighted by atomic mass is 19.1. The highest BCUT2D eigenvalue weighted by Gasteiger charge is 2.27. The van der Waals surface area contributed by atoms with Crippen molar-refractivity contribution in [2.75, 3.05) is 18.4 Å². The number of aryl methyl sites for hydroxylation is 1. The van der Waals surface area contributed by atoms with Crippen LogP contribution in [0.25, 0.3) is 11.4 Å². The van der Waals surface area contributed by atoms with E-state index in [2.05, 4.69) is 20.4 Å². The van der Waals surface area contributed by atoms with Gasteiger partial charge in [-0.25, -0.2) is 4.39 Å². The number of piperidine rings is 1. The molecule has 0 bridgehead atoms. The Kier molecular flexibility index (Phi) is 5.67. The summed E-state index contributed by atoms with van der Waals surface area (Å²) >= 11 is 0. The van der Waals surface area contributed by atoms with Gasteiger partial charge in [-0.3, -0.25) is 9.69 Å². The lowest BCUT2D eigenvalue weighted by molar-refractivity contribution is -0.121. The maximum absolute atomic E-state index is 13.8. The number of hydrogen-bond donors (Lipinski definition) is 1. The van der Waals surface area contributed by atoms with Crippen LogP contribution < -0.4 is 5.32 Å². The van der Waals surface area contributed by atoms with Gasteiger partial charge in [-0.1, -0.05) is 41.6 Å². The van der Waals surface area contributed by atoms with Crippen LogP contribution in [-0.2, 0) is 11.3 Å². The first-order valence-corrected chi connectivity index (χ1v) is 9.76. The molecule has 0 spiro atoms. The van der Waals surface area contributed by atoms with Gasteiger partial charge in [-0.05, 0) is 44.0 Å². The average molecular weight is 394 g/mol. The number of anilines is 1. The minimum absolute atomic E-state index is 0.161. The molecule has 2 heterocycles. The molecule has 1 aliphatic rings. The van der Waals surface area contributed by atoms with E-state index < -0.39 is 5.82 Å². The number of aromatic nitrogens is 2. The number of benzene rings is 2. The van der Waals surface area contributed by atoms with Gasteiger partial charge in [0.05, 0.1) is 18.2 Å². The average Bonchev–Trinajstić information content (AvgIpc) is 3.18. The van der Waals surface area contributed by atoms with E-state index in [1.807, 2.05) is 31.2 Å². The van der Waals surface area contributed by atoms with Gasteiger partial charge in [-0.2, -0.15) is 4.98 Å². The van der Waals surface area contributed by atoms with E-state index in [-0.39, 0.29) is 17.5 Å². The number of carbonyl (C=O) groups excluding carboxylic acids is 1.